The third kappa shape index (κ3) is 3.07. The van der Waals surface area contributed by atoms with Gasteiger partial charge in [-0.3, -0.25) is 9.59 Å². The van der Waals surface area contributed by atoms with Gasteiger partial charge < -0.3 is 14.4 Å². The Bertz CT molecular complexity index is 1100. The van der Waals surface area contributed by atoms with Crippen molar-refractivity contribution >= 4 is 22.5 Å². The molecule has 1 aromatic heterocycles. The highest BCUT2D eigenvalue weighted by Crippen LogP contribution is 2.23. The van der Waals surface area contributed by atoms with E-state index in [4.69, 9.17) is 0 Å². The van der Waals surface area contributed by atoms with Crippen LogP contribution in [-0.4, -0.2) is 41.1 Å². The van der Waals surface area contributed by atoms with Gasteiger partial charge in [-0.15, -0.1) is 0 Å². The number of aromatic nitrogens is 1. The highest BCUT2D eigenvalue weighted by molar-refractivity contribution is 5.97. The summed E-state index contributed by atoms with van der Waals surface area (Å²) in [4.78, 5) is 30.3. The highest BCUT2D eigenvalue weighted by Gasteiger charge is 2.30. The van der Waals surface area contributed by atoms with E-state index in [0.29, 0.717) is 11.9 Å². The second-order valence-electron chi connectivity index (χ2n) is 7.58. The van der Waals surface area contributed by atoms with E-state index in [-0.39, 0.29) is 22.9 Å². The molecule has 0 saturated carbocycles. The van der Waals surface area contributed by atoms with Gasteiger partial charge in [0.05, 0.1) is 5.52 Å². The zero-order chi connectivity index (χ0) is 19.8. The lowest BCUT2D eigenvalue weighted by molar-refractivity contribution is 0.0672. The van der Waals surface area contributed by atoms with Crippen molar-refractivity contribution in [3.8, 4) is 0 Å². The lowest BCUT2D eigenvalue weighted by Gasteiger charge is -2.41. The molecule has 0 bridgehead atoms. The number of fused-ring (bicyclic) bond motifs is 1. The Labute approximate surface area is 164 Å². The maximum atomic E-state index is 13.2. The zero-order valence-corrected chi connectivity index (χ0v) is 16.6. The minimum absolute atomic E-state index is 0.0250. The Morgan fingerprint density at radius 2 is 1.75 bits per heavy atom. The molecule has 0 unspecified atom stereocenters. The maximum absolute atomic E-state index is 13.2. The topological polar surface area (TPSA) is 45.5 Å². The van der Waals surface area contributed by atoms with Crippen LogP contribution in [0.5, 0.6) is 0 Å². The van der Waals surface area contributed by atoms with Crippen LogP contribution < -0.4 is 10.3 Å². The molecule has 5 heteroatoms. The SMILES string of the molecule is Cc1ccccc1N1CCN(C(=O)c2cn(C)c3ccccc3c2=O)[C@@H](C)C1. The average molecular weight is 375 g/mol. The number of aryl methyl sites for hydroxylation is 2. The van der Waals surface area contributed by atoms with Gasteiger partial charge in [-0.05, 0) is 37.6 Å². The van der Waals surface area contributed by atoms with Gasteiger partial charge in [-0.2, -0.15) is 0 Å². The highest BCUT2D eigenvalue weighted by atomic mass is 16.2. The number of rotatable bonds is 2. The molecular formula is C23H25N3O2. The lowest BCUT2D eigenvalue weighted by Crippen LogP contribution is -2.54. The standard InChI is InChI=1S/C23H25N3O2/c1-16-8-4-6-10-20(16)25-12-13-26(17(2)14-25)23(28)19-15-24(3)21-11-7-5-9-18(21)22(19)27/h4-11,15,17H,12-14H2,1-3H3/t17-/m0/s1. The van der Waals surface area contributed by atoms with E-state index in [9.17, 15) is 9.59 Å². The van der Waals surface area contributed by atoms with E-state index in [1.165, 1.54) is 11.3 Å². The van der Waals surface area contributed by atoms with Crippen molar-refractivity contribution in [2.45, 2.75) is 19.9 Å². The van der Waals surface area contributed by atoms with Crippen LogP contribution in [0.15, 0.2) is 59.5 Å². The summed E-state index contributed by atoms with van der Waals surface area (Å²) in [6.45, 7) is 6.27. The molecule has 1 saturated heterocycles. The van der Waals surface area contributed by atoms with E-state index in [2.05, 4.69) is 24.0 Å². The number of anilines is 1. The summed E-state index contributed by atoms with van der Waals surface area (Å²) in [5.41, 5.74) is 3.34. The van der Waals surface area contributed by atoms with E-state index in [1.54, 1.807) is 12.3 Å². The van der Waals surface area contributed by atoms with Crippen molar-refractivity contribution in [3.05, 3.63) is 76.1 Å². The van der Waals surface area contributed by atoms with Crippen molar-refractivity contribution < 1.29 is 4.79 Å². The number of carbonyl (C=O) groups excluding carboxylic acids is 1. The summed E-state index contributed by atoms with van der Waals surface area (Å²) < 4.78 is 1.86. The van der Waals surface area contributed by atoms with Gasteiger partial charge in [0.15, 0.2) is 0 Å². The normalized spacial score (nSPS) is 17.2. The molecule has 28 heavy (non-hydrogen) atoms. The molecule has 5 nitrogen and oxygen atoms in total. The predicted molar refractivity (Wildman–Crippen MR) is 113 cm³/mol. The molecule has 3 aromatic rings. The van der Waals surface area contributed by atoms with Gasteiger partial charge in [0, 0.05) is 50.0 Å². The van der Waals surface area contributed by atoms with Crippen LogP contribution in [-0.2, 0) is 7.05 Å². The molecule has 1 aliphatic heterocycles. The van der Waals surface area contributed by atoms with E-state index >= 15 is 0 Å². The van der Waals surface area contributed by atoms with Crippen LogP contribution in [0.2, 0.25) is 0 Å². The van der Waals surface area contributed by atoms with Crippen LogP contribution in [0.25, 0.3) is 10.9 Å². The van der Waals surface area contributed by atoms with Gasteiger partial charge in [-0.25, -0.2) is 0 Å². The largest absolute Gasteiger partial charge is 0.367 e. The predicted octanol–water partition coefficient (Wildman–Crippen LogP) is 3.20. The molecular weight excluding hydrogens is 350 g/mol. The van der Waals surface area contributed by atoms with Crippen LogP contribution in [0, 0.1) is 6.92 Å². The van der Waals surface area contributed by atoms with Crippen molar-refractivity contribution in [2.24, 2.45) is 7.05 Å². The van der Waals surface area contributed by atoms with E-state index in [1.807, 2.05) is 53.8 Å². The number of hydrogen-bond donors (Lipinski definition) is 0. The van der Waals surface area contributed by atoms with Crippen molar-refractivity contribution in [1.29, 1.82) is 0 Å². The minimum Gasteiger partial charge on any atom is -0.367 e. The summed E-state index contributed by atoms with van der Waals surface area (Å²) in [5.74, 6) is -0.178. The fraction of sp³-hybridized carbons (Fsp3) is 0.304. The fourth-order valence-corrected chi connectivity index (χ4v) is 4.14. The smallest absolute Gasteiger partial charge is 0.259 e. The average Bonchev–Trinajstić information content (AvgIpc) is 2.70. The molecule has 1 atom stereocenters. The summed E-state index contributed by atoms with van der Waals surface area (Å²) in [5, 5.41) is 0.585. The van der Waals surface area contributed by atoms with E-state index < -0.39 is 0 Å². The lowest BCUT2D eigenvalue weighted by atomic mass is 10.1. The van der Waals surface area contributed by atoms with Gasteiger partial charge in [0.25, 0.3) is 5.91 Å². The molecule has 0 spiro atoms. The van der Waals surface area contributed by atoms with Gasteiger partial charge in [0.2, 0.25) is 5.43 Å². The quantitative estimate of drug-likeness (QED) is 0.691. The first kappa shape index (κ1) is 18.3. The van der Waals surface area contributed by atoms with Crippen LogP contribution in [0.1, 0.15) is 22.8 Å². The number of carbonyl (C=O) groups is 1. The Morgan fingerprint density at radius 3 is 2.50 bits per heavy atom. The first-order valence-corrected chi connectivity index (χ1v) is 9.67. The third-order valence-corrected chi connectivity index (χ3v) is 5.67. The number of nitrogens with zero attached hydrogens (tertiary/aromatic N) is 3. The Balaban J connectivity index is 1.62. The van der Waals surface area contributed by atoms with Crippen molar-refractivity contribution in [2.75, 3.05) is 24.5 Å². The van der Waals surface area contributed by atoms with E-state index in [0.717, 1.165) is 18.6 Å². The Hall–Kier alpha value is -3.08. The molecule has 1 amide bonds. The molecule has 0 radical (unpaired) electrons. The third-order valence-electron chi connectivity index (χ3n) is 5.67. The number of pyridine rings is 1. The molecule has 0 N–H and O–H groups in total. The first-order chi connectivity index (χ1) is 13.5. The number of piperazine rings is 1. The zero-order valence-electron chi connectivity index (χ0n) is 16.6. The first-order valence-electron chi connectivity index (χ1n) is 9.67. The maximum Gasteiger partial charge on any atom is 0.259 e. The molecule has 0 aliphatic carbocycles. The number of hydrogen-bond acceptors (Lipinski definition) is 3. The van der Waals surface area contributed by atoms with Crippen LogP contribution in [0.4, 0.5) is 5.69 Å². The van der Waals surface area contributed by atoms with Crippen molar-refractivity contribution in [3.63, 3.8) is 0 Å². The number of amides is 1. The molecule has 144 valence electrons. The summed E-state index contributed by atoms with van der Waals surface area (Å²) in [7, 11) is 1.87. The molecule has 1 aliphatic rings. The summed E-state index contributed by atoms with van der Waals surface area (Å²) >= 11 is 0. The van der Waals surface area contributed by atoms with Crippen LogP contribution in [0.3, 0.4) is 0 Å². The van der Waals surface area contributed by atoms with Gasteiger partial charge in [0.1, 0.15) is 5.56 Å². The summed E-state index contributed by atoms with van der Waals surface area (Å²) in [6.07, 6.45) is 1.67. The summed E-state index contributed by atoms with van der Waals surface area (Å²) in [6, 6.07) is 15.8. The monoisotopic (exact) mass is 375 g/mol. The minimum atomic E-state index is -0.188. The van der Waals surface area contributed by atoms with Gasteiger partial charge >= 0.3 is 0 Å². The fourth-order valence-electron chi connectivity index (χ4n) is 4.14. The van der Waals surface area contributed by atoms with Crippen molar-refractivity contribution in [1.82, 2.24) is 9.47 Å². The second-order valence-corrected chi connectivity index (χ2v) is 7.58. The van der Waals surface area contributed by atoms with Gasteiger partial charge in [-0.1, -0.05) is 30.3 Å². The second kappa shape index (κ2) is 7.15. The molecule has 4 rings (SSSR count). The van der Waals surface area contributed by atoms with Crippen LogP contribution >= 0.6 is 0 Å². The number of benzene rings is 2. The molecule has 1 fully saturated rings. The molecule has 2 heterocycles. The Morgan fingerprint density at radius 1 is 1.04 bits per heavy atom. The number of para-hydroxylation sites is 2. The molecule has 2 aromatic carbocycles. The Kier molecular flexibility index (Phi) is 4.67.